The lowest BCUT2D eigenvalue weighted by Gasteiger charge is -2.17. The number of imidazole rings is 1. The summed E-state index contributed by atoms with van der Waals surface area (Å²) in [4.78, 5) is 14.6. The first-order valence-electron chi connectivity index (χ1n) is 5.38. The highest BCUT2D eigenvalue weighted by Gasteiger charge is 2.07. The van der Waals surface area contributed by atoms with Crippen LogP contribution in [0.5, 0.6) is 0 Å². The van der Waals surface area contributed by atoms with Crippen molar-refractivity contribution >= 4 is 11.6 Å². The van der Waals surface area contributed by atoms with E-state index in [0.29, 0.717) is 6.54 Å². The van der Waals surface area contributed by atoms with Gasteiger partial charge in [0.25, 0.3) is 0 Å². The minimum Gasteiger partial charge on any atom is -0.373 e. The van der Waals surface area contributed by atoms with Crippen molar-refractivity contribution < 1.29 is 0 Å². The molecule has 0 saturated carbocycles. The van der Waals surface area contributed by atoms with Crippen molar-refractivity contribution in [1.82, 2.24) is 19.5 Å². The highest BCUT2D eigenvalue weighted by molar-refractivity contribution is 5.47. The quantitative estimate of drug-likeness (QED) is 0.848. The lowest BCUT2D eigenvalue weighted by molar-refractivity contribution is 0.754. The first-order valence-corrected chi connectivity index (χ1v) is 5.38. The van der Waals surface area contributed by atoms with E-state index in [-0.39, 0.29) is 0 Å². The van der Waals surface area contributed by atoms with Crippen LogP contribution in [0, 0.1) is 0 Å². The lowest BCUT2D eigenvalue weighted by atomic mass is 10.4. The molecule has 2 rings (SSSR count). The van der Waals surface area contributed by atoms with Gasteiger partial charge in [0.1, 0.15) is 23.8 Å². The molecule has 90 valence electrons. The Kier molecular flexibility index (Phi) is 3.22. The van der Waals surface area contributed by atoms with E-state index in [0.717, 1.165) is 17.5 Å². The van der Waals surface area contributed by atoms with Crippen LogP contribution in [-0.4, -0.2) is 33.6 Å². The first-order chi connectivity index (χ1) is 8.20. The Hall–Kier alpha value is -2.11. The molecule has 0 unspecified atom stereocenters. The first kappa shape index (κ1) is 11.4. The zero-order chi connectivity index (χ0) is 12.3. The third kappa shape index (κ3) is 2.52. The van der Waals surface area contributed by atoms with Crippen molar-refractivity contribution in [3.63, 3.8) is 0 Å². The van der Waals surface area contributed by atoms with Gasteiger partial charge in [-0.2, -0.15) is 0 Å². The molecule has 0 saturated heterocycles. The molecule has 0 bridgehead atoms. The van der Waals surface area contributed by atoms with Crippen molar-refractivity contribution in [3.05, 3.63) is 30.6 Å². The molecular formula is C11H16N6. The molecule has 0 fully saturated rings. The molecule has 1 N–H and O–H groups in total. The molecule has 0 aliphatic carbocycles. The molecule has 0 amide bonds. The molecule has 2 aromatic rings. The average molecular weight is 232 g/mol. The lowest BCUT2D eigenvalue weighted by Crippen LogP contribution is -2.20. The standard InChI is InChI=1S/C11H16N6/c1-12-9-6-10(15-8-14-9)17(3)7-11-13-4-5-16(11)2/h4-6,8H,7H2,1-3H3,(H,12,14,15). The van der Waals surface area contributed by atoms with Gasteiger partial charge in [0, 0.05) is 39.6 Å². The van der Waals surface area contributed by atoms with Crippen molar-refractivity contribution in [3.8, 4) is 0 Å². The van der Waals surface area contributed by atoms with E-state index in [4.69, 9.17) is 0 Å². The van der Waals surface area contributed by atoms with Crippen LogP contribution in [0.25, 0.3) is 0 Å². The summed E-state index contributed by atoms with van der Waals surface area (Å²) in [6, 6.07) is 1.91. The minimum absolute atomic E-state index is 0.712. The SMILES string of the molecule is CNc1cc(N(C)Cc2nccn2C)ncn1. The Bertz CT molecular complexity index is 492. The van der Waals surface area contributed by atoms with Crippen LogP contribution in [0.3, 0.4) is 0 Å². The molecule has 0 radical (unpaired) electrons. The van der Waals surface area contributed by atoms with E-state index in [1.165, 1.54) is 0 Å². The highest BCUT2D eigenvalue weighted by Crippen LogP contribution is 2.13. The second-order valence-corrected chi connectivity index (χ2v) is 3.82. The smallest absolute Gasteiger partial charge is 0.134 e. The van der Waals surface area contributed by atoms with E-state index in [1.807, 2.05) is 42.9 Å². The summed E-state index contributed by atoms with van der Waals surface area (Å²) in [7, 11) is 5.80. The summed E-state index contributed by atoms with van der Waals surface area (Å²) >= 11 is 0. The Morgan fingerprint density at radius 1 is 1.35 bits per heavy atom. The molecule has 2 heterocycles. The van der Waals surface area contributed by atoms with Gasteiger partial charge >= 0.3 is 0 Å². The van der Waals surface area contributed by atoms with Gasteiger partial charge in [-0.15, -0.1) is 0 Å². The average Bonchev–Trinajstić information content (AvgIpc) is 2.75. The number of aromatic nitrogens is 4. The molecule has 0 atom stereocenters. The van der Waals surface area contributed by atoms with Gasteiger partial charge < -0.3 is 14.8 Å². The van der Waals surface area contributed by atoms with E-state index in [9.17, 15) is 0 Å². The molecule has 0 aliphatic heterocycles. The zero-order valence-corrected chi connectivity index (χ0v) is 10.3. The molecule has 0 aromatic carbocycles. The van der Waals surface area contributed by atoms with Crippen LogP contribution in [0.4, 0.5) is 11.6 Å². The maximum atomic E-state index is 4.29. The monoisotopic (exact) mass is 232 g/mol. The molecule has 2 aromatic heterocycles. The van der Waals surface area contributed by atoms with Crippen molar-refractivity contribution in [2.75, 3.05) is 24.3 Å². The molecule has 6 nitrogen and oxygen atoms in total. The Balaban J connectivity index is 2.14. The van der Waals surface area contributed by atoms with Gasteiger partial charge in [-0.1, -0.05) is 0 Å². The van der Waals surface area contributed by atoms with Crippen molar-refractivity contribution in [1.29, 1.82) is 0 Å². The van der Waals surface area contributed by atoms with E-state index in [2.05, 4.69) is 20.3 Å². The fourth-order valence-electron chi connectivity index (χ4n) is 1.53. The number of hydrogen-bond acceptors (Lipinski definition) is 5. The minimum atomic E-state index is 0.712. The van der Waals surface area contributed by atoms with E-state index in [1.54, 1.807) is 12.5 Å². The third-order valence-corrected chi connectivity index (χ3v) is 2.60. The van der Waals surface area contributed by atoms with Gasteiger partial charge in [0.2, 0.25) is 0 Å². The van der Waals surface area contributed by atoms with Crippen LogP contribution in [0.1, 0.15) is 5.82 Å². The Morgan fingerprint density at radius 2 is 2.18 bits per heavy atom. The van der Waals surface area contributed by atoms with Gasteiger partial charge in [-0.25, -0.2) is 15.0 Å². The number of aryl methyl sites for hydroxylation is 1. The summed E-state index contributed by atoms with van der Waals surface area (Å²) < 4.78 is 2.00. The van der Waals surface area contributed by atoms with E-state index < -0.39 is 0 Å². The summed E-state index contributed by atoms with van der Waals surface area (Å²) in [5.74, 6) is 2.67. The molecular weight excluding hydrogens is 216 g/mol. The van der Waals surface area contributed by atoms with Crippen LogP contribution >= 0.6 is 0 Å². The molecule has 0 spiro atoms. The fraction of sp³-hybridized carbons (Fsp3) is 0.364. The van der Waals surface area contributed by atoms with Gasteiger partial charge in [0.15, 0.2) is 0 Å². The van der Waals surface area contributed by atoms with E-state index >= 15 is 0 Å². The second-order valence-electron chi connectivity index (χ2n) is 3.82. The highest BCUT2D eigenvalue weighted by atomic mass is 15.2. The number of hydrogen-bond donors (Lipinski definition) is 1. The molecule has 6 heteroatoms. The second kappa shape index (κ2) is 4.82. The Morgan fingerprint density at radius 3 is 2.82 bits per heavy atom. The predicted molar refractivity (Wildman–Crippen MR) is 66.9 cm³/mol. The summed E-state index contributed by atoms with van der Waals surface area (Å²) in [6.07, 6.45) is 5.28. The number of nitrogens with one attached hydrogen (secondary N) is 1. The van der Waals surface area contributed by atoms with Crippen LogP contribution in [0.15, 0.2) is 24.8 Å². The molecule has 0 aliphatic rings. The number of nitrogens with zero attached hydrogens (tertiary/aromatic N) is 5. The van der Waals surface area contributed by atoms with Crippen LogP contribution < -0.4 is 10.2 Å². The van der Waals surface area contributed by atoms with Crippen molar-refractivity contribution in [2.24, 2.45) is 7.05 Å². The maximum absolute atomic E-state index is 4.29. The zero-order valence-electron chi connectivity index (χ0n) is 10.3. The largest absolute Gasteiger partial charge is 0.373 e. The van der Waals surface area contributed by atoms with Crippen LogP contribution in [0.2, 0.25) is 0 Å². The summed E-state index contributed by atoms with van der Waals surface area (Å²) in [6.45, 7) is 0.712. The topological polar surface area (TPSA) is 58.9 Å². The molecule has 17 heavy (non-hydrogen) atoms. The fourth-order valence-corrected chi connectivity index (χ4v) is 1.53. The van der Waals surface area contributed by atoms with Gasteiger partial charge in [-0.05, 0) is 0 Å². The maximum Gasteiger partial charge on any atom is 0.134 e. The van der Waals surface area contributed by atoms with Gasteiger partial charge in [0.05, 0.1) is 6.54 Å². The van der Waals surface area contributed by atoms with Crippen LogP contribution in [-0.2, 0) is 13.6 Å². The normalized spacial score (nSPS) is 10.3. The Labute approximate surface area is 100 Å². The number of rotatable bonds is 4. The van der Waals surface area contributed by atoms with Gasteiger partial charge in [-0.3, -0.25) is 0 Å². The third-order valence-electron chi connectivity index (χ3n) is 2.60. The van der Waals surface area contributed by atoms with Crippen molar-refractivity contribution in [2.45, 2.75) is 6.54 Å². The predicted octanol–water partition coefficient (Wildman–Crippen LogP) is 0.888. The number of anilines is 2. The summed E-state index contributed by atoms with van der Waals surface area (Å²) in [5, 5.41) is 2.99. The summed E-state index contributed by atoms with van der Waals surface area (Å²) in [5.41, 5.74) is 0.